The van der Waals surface area contributed by atoms with Gasteiger partial charge in [0.25, 0.3) is 0 Å². The van der Waals surface area contributed by atoms with Crippen molar-refractivity contribution in [2.24, 2.45) is 0 Å². The number of hydrogen-bond donors (Lipinski definition) is 2. The minimum atomic E-state index is -6.86. The first-order valence-electron chi connectivity index (χ1n) is 14.2. The van der Waals surface area contributed by atoms with Crippen LogP contribution in [0, 0.1) is 27.3 Å². The van der Waals surface area contributed by atoms with Crippen molar-refractivity contribution in [3.63, 3.8) is 0 Å². The average molecular weight is 769 g/mol. The Kier molecular flexibility index (Phi) is 9.62. The van der Waals surface area contributed by atoms with E-state index in [1.807, 2.05) is 0 Å². The Balaban J connectivity index is 1.81. The predicted octanol–water partition coefficient (Wildman–Crippen LogP) is 4.86. The number of rotatable bonds is 13. The van der Waals surface area contributed by atoms with Crippen LogP contribution in [0.15, 0.2) is 121 Å². The zero-order valence-electron chi connectivity index (χ0n) is 24.8. The number of carbonyl (C=O) groups is 2. The van der Waals surface area contributed by atoms with Crippen LogP contribution in [0.4, 0.5) is 24.5 Å². The fourth-order valence-corrected chi connectivity index (χ4v) is 17.4. The summed E-state index contributed by atoms with van der Waals surface area (Å²) in [5, 5.41) is 18.3. The van der Waals surface area contributed by atoms with E-state index in [-0.39, 0.29) is 44.6 Å². The van der Waals surface area contributed by atoms with E-state index in [2.05, 4.69) is 0 Å². The van der Waals surface area contributed by atoms with Gasteiger partial charge in [0.05, 0.1) is 0 Å². The molecule has 2 N–H and O–H groups in total. The topological polar surface area (TPSA) is 133 Å². The van der Waals surface area contributed by atoms with Crippen molar-refractivity contribution in [2.75, 3.05) is 0 Å². The number of hydrogen-bond acceptors (Lipinski definition) is 6. The van der Waals surface area contributed by atoms with Crippen LogP contribution in [0.1, 0.15) is 11.1 Å². The Labute approximate surface area is 272 Å². The molecule has 0 radical (unpaired) electrons. The molecule has 0 aromatic heterocycles. The number of halogens is 3. The molecule has 0 spiro atoms. The SMILES string of the molecule is O=C(O)Cc1ccc([N+](=O)[O][Sb]([O][N+](=O)c2ccc(CC(=O)O)cc2)([c]2ccc(F)cc2)([c]2ccc(F)cc2)[c]2ccc(F)cc2)cc1. The summed E-state index contributed by atoms with van der Waals surface area (Å²) in [6.07, 6.45) is -0.658. The normalized spacial score (nSPS) is 11.9. The summed E-state index contributed by atoms with van der Waals surface area (Å²) >= 11 is -6.86. The van der Waals surface area contributed by atoms with Crippen molar-refractivity contribution in [1.29, 1.82) is 0 Å². The van der Waals surface area contributed by atoms with Crippen LogP contribution < -0.4 is 10.5 Å². The first kappa shape index (κ1) is 33.8. The van der Waals surface area contributed by atoms with E-state index in [1.165, 1.54) is 84.9 Å². The van der Waals surface area contributed by atoms with E-state index in [0.29, 0.717) is 11.1 Å². The van der Waals surface area contributed by atoms with Gasteiger partial charge in [-0.3, -0.25) is 0 Å². The second-order valence-corrected chi connectivity index (χ2v) is 21.4. The van der Waals surface area contributed by atoms with E-state index >= 15 is 0 Å². The van der Waals surface area contributed by atoms with Crippen LogP contribution in [-0.4, -0.2) is 50.2 Å². The Hall–Kier alpha value is -5.55. The molecule has 0 heterocycles. The summed E-state index contributed by atoms with van der Waals surface area (Å²) in [4.78, 5) is 50.8. The summed E-state index contributed by atoms with van der Waals surface area (Å²) in [5.74, 6) is -4.27. The quantitative estimate of drug-likeness (QED) is 0.128. The van der Waals surface area contributed by atoms with E-state index in [4.69, 9.17) is 16.4 Å². The summed E-state index contributed by atoms with van der Waals surface area (Å²) in [7, 11) is 0. The molecule has 0 atom stereocenters. The summed E-state index contributed by atoms with van der Waals surface area (Å²) in [6.45, 7) is 0. The van der Waals surface area contributed by atoms with Gasteiger partial charge in [0, 0.05) is 0 Å². The van der Waals surface area contributed by atoms with Gasteiger partial charge in [0.1, 0.15) is 0 Å². The van der Waals surface area contributed by atoms with Crippen LogP contribution in [-0.2, 0) is 28.7 Å². The molecule has 14 heteroatoms. The molecule has 0 saturated carbocycles. The van der Waals surface area contributed by atoms with Crippen molar-refractivity contribution in [1.82, 2.24) is 0 Å². The van der Waals surface area contributed by atoms with E-state index in [0.717, 1.165) is 36.4 Å². The maximum atomic E-state index is 14.4. The number of benzene rings is 5. The van der Waals surface area contributed by atoms with Gasteiger partial charge in [-0.15, -0.1) is 0 Å². The Morgan fingerprint density at radius 3 is 1.02 bits per heavy atom. The van der Waals surface area contributed by atoms with Crippen molar-refractivity contribution in [3.8, 4) is 0 Å². The molecule has 0 fully saturated rings. The van der Waals surface area contributed by atoms with Crippen LogP contribution in [0.2, 0.25) is 0 Å². The zero-order chi connectivity index (χ0) is 34.5. The van der Waals surface area contributed by atoms with Crippen molar-refractivity contribution in [2.45, 2.75) is 12.8 Å². The van der Waals surface area contributed by atoms with Crippen LogP contribution in [0.3, 0.4) is 0 Å². The number of carboxylic acids is 2. The molecule has 244 valence electrons. The average Bonchev–Trinajstić information content (AvgIpc) is 3.05. The van der Waals surface area contributed by atoms with Crippen LogP contribution in [0.25, 0.3) is 0 Å². The fraction of sp³-hybridized carbons (Fsp3) is 0.0588. The first-order valence-corrected chi connectivity index (χ1v) is 20.1. The fourth-order valence-electron chi connectivity index (χ4n) is 5.08. The molecule has 0 aliphatic heterocycles. The van der Waals surface area contributed by atoms with Gasteiger partial charge in [0.15, 0.2) is 0 Å². The van der Waals surface area contributed by atoms with Gasteiger partial charge in [-0.1, -0.05) is 0 Å². The molecule has 0 aliphatic carbocycles. The molecule has 0 saturated heterocycles. The van der Waals surface area contributed by atoms with E-state index in [9.17, 15) is 32.6 Å². The van der Waals surface area contributed by atoms with Gasteiger partial charge in [-0.2, -0.15) is 0 Å². The van der Waals surface area contributed by atoms with Gasteiger partial charge in [-0.25, -0.2) is 0 Å². The molecule has 0 bridgehead atoms. The second-order valence-electron chi connectivity index (χ2n) is 10.5. The third-order valence-corrected chi connectivity index (χ3v) is 20.6. The molecule has 10 nitrogen and oxygen atoms in total. The second kappa shape index (κ2) is 13.7. The molecular formula is C34H26F3N2O8Sb+2. The van der Waals surface area contributed by atoms with Gasteiger partial charge in [0.2, 0.25) is 0 Å². The van der Waals surface area contributed by atoms with Gasteiger partial charge >= 0.3 is 274 Å². The number of aliphatic carboxylic acids is 2. The monoisotopic (exact) mass is 768 g/mol. The molecule has 48 heavy (non-hydrogen) atoms. The van der Waals surface area contributed by atoms with E-state index < -0.39 is 47.6 Å². The van der Waals surface area contributed by atoms with Crippen molar-refractivity contribution >= 4 is 52.1 Å². The molecule has 0 unspecified atom stereocenters. The third-order valence-electron chi connectivity index (χ3n) is 7.35. The van der Waals surface area contributed by atoms with Gasteiger partial charge in [-0.05, 0) is 0 Å². The Morgan fingerprint density at radius 2 is 0.771 bits per heavy atom. The predicted molar refractivity (Wildman–Crippen MR) is 168 cm³/mol. The standard InChI is InChI=1S/2C8H7NO4.3C6H4F.Sb/c2*10-8(11)5-6-1-3-7(4-2-6)9(12)13;3*7-6-4-2-1-3-5-6;/h2*1-4H,5H2,(H,10,11);3*2-5H;/q;;;;;+2. The minimum absolute atomic E-state index is 0.00844. The Morgan fingerprint density at radius 1 is 0.500 bits per heavy atom. The third kappa shape index (κ3) is 6.77. The Bertz CT molecular complexity index is 1800. The molecule has 0 amide bonds. The summed E-state index contributed by atoms with van der Waals surface area (Å²) < 4.78 is 56.2. The first-order chi connectivity index (χ1) is 22.9. The zero-order valence-corrected chi connectivity index (χ0v) is 27.3. The van der Waals surface area contributed by atoms with Crippen LogP contribution >= 0.6 is 0 Å². The molecule has 5 aromatic rings. The molecule has 5 rings (SSSR count). The number of carboxylic acid groups (broad SMARTS) is 2. The van der Waals surface area contributed by atoms with E-state index in [1.54, 1.807) is 0 Å². The van der Waals surface area contributed by atoms with Crippen LogP contribution in [0.5, 0.6) is 0 Å². The van der Waals surface area contributed by atoms with Crippen molar-refractivity contribution in [3.05, 3.63) is 160 Å². The molecular weight excluding hydrogens is 743 g/mol. The molecule has 5 aromatic carbocycles. The molecule has 0 aliphatic rings. The summed E-state index contributed by atoms with van der Waals surface area (Å²) in [5.41, 5.74) is 0.417. The number of nitrogens with zero attached hydrogens (tertiary/aromatic N) is 2. The van der Waals surface area contributed by atoms with Crippen molar-refractivity contribution < 1.29 is 49.1 Å². The maximum absolute atomic E-state index is 14.4. The summed E-state index contributed by atoms with van der Waals surface area (Å²) in [6, 6.07) is 24.4. The van der Waals surface area contributed by atoms with Gasteiger partial charge < -0.3 is 0 Å².